The van der Waals surface area contributed by atoms with E-state index >= 15 is 0 Å². The lowest BCUT2D eigenvalue weighted by Gasteiger charge is -2.23. The van der Waals surface area contributed by atoms with Gasteiger partial charge in [-0.05, 0) is 60.2 Å². The van der Waals surface area contributed by atoms with Crippen LogP contribution in [-0.4, -0.2) is 50.1 Å². The van der Waals surface area contributed by atoms with Crippen molar-refractivity contribution >= 4 is 5.91 Å². The Kier molecular flexibility index (Phi) is 7.05. The molecule has 1 amide bonds. The van der Waals surface area contributed by atoms with Gasteiger partial charge in [-0.2, -0.15) is 5.10 Å². The van der Waals surface area contributed by atoms with Gasteiger partial charge in [0.2, 0.25) is 0 Å². The number of aromatic amines is 1. The molecule has 0 fully saturated rings. The molecular weight excluding hydrogens is 442 g/mol. The van der Waals surface area contributed by atoms with Crippen LogP contribution in [0.3, 0.4) is 0 Å². The van der Waals surface area contributed by atoms with Crippen molar-refractivity contribution in [1.29, 1.82) is 0 Å². The standard InChI is InChI=1S/C25H22F2N4O3/c26-16-9-7-15(8-10-16)20-13-22(31-30-20)24-18(5-3-6-19(24)27)25(34)29-21(23(33)14-32)12-17-4-1-2-11-28-17/h1-11,13,21,23,32-33H,12,14H2,(H,29,34)(H,30,31)/t21-,23?/m1/s1. The zero-order valence-electron chi connectivity index (χ0n) is 18.0. The van der Waals surface area contributed by atoms with Crippen LogP contribution < -0.4 is 5.32 Å². The summed E-state index contributed by atoms with van der Waals surface area (Å²) >= 11 is 0. The number of rotatable bonds is 8. The minimum Gasteiger partial charge on any atom is -0.394 e. The average molecular weight is 464 g/mol. The zero-order chi connectivity index (χ0) is 24.1. The van der Waals surface area contributed by atoms with Crippen molar-refractivity contribution in [2.24, 2.45) is 0 Å². The van der Waals surface area contributed by atoms with Crippen molar-refractivity contribution in [3.8, 4) is 22.5 Å². The smallest absolute Gasteiger partial charge is 0.252 e. The van der Waals surface area contributed by atoms with Crippen LogP contribution in [0, 0.1) is 11.6 Å². The average Bonchev–Trinajstić information content (AvgIpc) is 3.33. The fraction of sp³-hybridized carbons (Fsp3) is 0.160. The van der Waals surface area contributed by atoms with Crippen molar-refractivity contribution in [1.82, 2.24) is 20.5 Å². The number of halogens is 2. The summed E-state index contributed by atoms with van der Waals surface area (Å²) in [6.45, 7) is -0.575. The lowest BCUT2D eigenvalue weighted by Crippen LogP contribution is -2.46. The monoisotopic (exact) mass is 464 g/mol. The normalized spacial score (nSPS) is 12.8. The molecule has 2 heterocycles. The number of aliphatic hydroxyl groups excluding tert-OH is 2. The molecule has 0 aliphatic rings. The molecule has 0 spiro atoms. The largest absolute Gasteiger partial charge is 0.394 e. The van der Waals surface area contributed by atoms with Crippen LogP contribution >= 0.6 is 0 Å². The molecule has 4 aromatic rings. The number of amides is 1. The minimum atomic E-state index is -1.25. The van der Waals surface area contributed by atoms with Gasteiger partial charge in [0.1, 0.15) is 11.6 Å². The van der Waals surface area contributed by atoms with E-state index in [1.54, 1.807) is 42.6 Å². The highest BCUT2D eigenvalue weighted by Gasteiger charge is 2.25. The molecule has 4 N–H and O–H groups in total. The maximum absolute atomic E-state index is 14.9. The van der Waals surface area contributed by atoms with Crippen LogP contribution in [-0.2, 0) is 6.42 Å². The van der Waals surface area contributed by atoms with Crippen molar-refractivity contribution < 1.29 is 23.8 Å². The summed E-state index contributed by atoms with van der Waals surface area (Å²) in [6.07, 6.45) is 0.495. The molecule has 34 heavy (non-hydrogen) atoms. The summed E-state index contributed by atoms with van der Waals surface area (Å²) in [6, 6.07) is 15.7. The van der Waals surface area contributed by atoms with Gasteiger partial charge in [-0.1, -0.05) is 12.1 Å². The van der Waals surface area contributed by atoms with E-state index in [0.29, 0.717) is 17.0 Å². The lowest BCUT2D eigenvalue weighted by atomic mass is 10.00. The first-order chi connectivity index (χ1) is 16.5. The second-order valence-corrected chi connectivity index (χ2v) is 7.69. The van der Waals surface area contributed by atoms with Crippen LogP contribution in [0.1, 0.15) is 16.1 Å². The van der Waals surface area contributed by atoms with Crippen LogP contribution in [0.4, 0.5) is 8.78 Å². The Bertz CT molecular complexity index is 1260. The van der Waals surface area contributed by atoms with Gasteiger partial charge in [0.05, 0.1) is 41.3 Å². The maximum atomic E-state index is 14.9. The number of hydrogen-bond acceptors (Lipinski definition) is 5. The summed E-state index contributed by atoms with van der Waals surface area (Å²) in [5, 5.41) is 29.3. The molecule has 2 atom stereocenters. The van der Waals surface area contributed by atoms with Crippen LogP contribution in [0.15, 0.2) is 72.9 Å². The number of pyridine rings is 1. The van der Waals surface area contributed by atoms with E-state index in [-0.39, 0.29) is 29.1 Å². The first-order valence-corrected chi connectivity index (χ1v) is 10.6. The van der Waals surface area contributed by atoms with Crippen LogP contribution in [0.5, 0.6) is 0 Å². The predicted octanol–water partition coefficient (Wildman–Crippen LogP) is 3.11. The third-order valence-corrected chi connectivity index (χ3v) is 5.37. The Hall–Kier alpha value is -3.95. The number of carbonyl (C=O) groups is 1. The Labute approximate surface area is 194 Å². The fourth-order valence-electron chi connectivity index (χ4n) is 3.60. The number of nitrogens with zero attached hydrogens (tertiary/aromatic N) is 2. The molecule has 0 saturated heterocycles. The molecule has 174 valence electrons. The first kappa shape index (κ1) is 23.2. The van der Waals surface area contributed by atoms with Gasteiger partial charge in [0.25, 0.3) is 5.91 Å². The Morgan fingerprint density at radius 3 is 2.56 bits per heavy atom. The van der Waals surface area contributed by atoms with Crippen LogP contribution in [0.25, 0.3) is 22.5 Å². The molecule has 0 aliphatic heterocycles. The topological polar surface area (TPSA) is 111 Å². The van der Waals surface area contributed by atoms with Crippen LogP contribution in [0.2, 0.25) is 0 Å². The molecule has 0 bridgehead atoms. The lowest BCUT2D eigenvalue weighted by molar-refractivity contribution is 0.0565. The first-order valence-electron chi connectivity index (χ1n) is 10.6. The summed E-state index contributed by atoms with van der Waals surface area (Å²) in [5.74, 6) is -1.69. The highest BCUT2D eigenvalue weighted by atomic mass is 19.1. The third kappa shape index (κ3) is 5.16. The van der Waals surface area contributed by atoms with Gasteiger partial charge < -0.3 is 15.5 Å². The van der Waals surface area contributed by atoms with E-state index in [9.17, 15) is 23.8 Å². The molecule has 7 nitrogen and oxygen atoms in total. The van der Waals surface area contributed by atoms with E-state index in [4.69, 9.17) is 0 Å². The third-order valence-electron chi connectivity index (χ3n) is 5.37. The predicted molar refractivity (Wildman–Crippen MR) is 122 cm³/mol. The summed E-state index contributed by atoms with van der Waals surface area (Å²) in [7, 11) is 0. The molecule has 0 saturated carbocycles. The van der Waals surface area contributed by atoms with Gasteiger partial charge in [0, 0.05) is 18.3 Å². The number of carbonyl (C=O) groups excluding carboxylic acids is 1. The van der Waals surface area contributed by atoms with Gasteiger partial charge in [-0.25, -0.2) is 8.78 Å². The SMILES string of the molecule is O=C(N[C@H](Cc1ccccn1)C(O)CO)c1cccc(F)c1-c1cc(-c2ccc(F)cc2)[nH]n1. The number of H-pyrrole nitrogens is 1. The summed E-state index contributed by atoms with van der Waals surface area (Å²) in [5.41, 5.74) is 1.94. The van der Waals surface area contributed by atoms with Gasteiger partial charge in [-0.15, -0.1) is 0 Å². The van der Waals surface area contributed by atoms with Crippen molar-refractivity contribution in [3.05, 3.63) is 95.8 Å². The maximum Gasteiger partial charge on any atom is 0.252 e. The van der Waals surface area contributed by atoms with E-state index < -0.39 is 30.5 Å². The number of nitrogens with one attached hydrogen (secondary N) is 2. The highest BCUT2D eigenvalue weighted by molar-refractivity contribution is 6.01. The van der Waals surface area contributed by atoms with Gasteiger partial charge >= 0.3 is 0 Å². The molecule has 0 aliphatic carbocycles. The summed E-state index contributed by atoms with van der Waals surface area (Å²) < 4.78 is 28.1. The molecule has 0 radical (unpaired) electrons. The number of benzene rings is 2. The van der Waals surface area contributed by atoms with E-state index in [0.717, 1.165) is 0 Å². The van der Waals surface area contributed by atoms with E-state index in [1.807, 2.05) is 0 Å². The number of hydrogen-bond donors (Lipinski definition) is 4. The van der Waals surface area contributed by atoms with Crippen molar-refractivity contribution in [3.63, 3.8) is 0 Å². The van der Waals surface area contributed by atoms with E-state index in [1.165, 1.54) is 30.3 Å². The molecule has 2 aromatic heterocycles. The molecular formula is C25H22F2N4O3. The Balaban J connectivity index is 1.63. The number of aromatic nitrogens is 3. The Morgan fingerprint density at radius 1 is 1.06 bits per heavy atom. The number of aliphatic hydroxyl groups is 2. The second-order valence-electron chi connectivity index (χ2n) is 7.69. The molecule has 2 aromatic carbocycles. The fourth-order valence-corrected chi connectivity index (χ4v) is 3.60. The van der Waals surface area contributed by atoms with Gasteiger partial charge in [-0.3, -0.25) is 14.9 Å². The molecule has 1 unspecified atom stereocenters. The quantitative estimate of drug-likeness (QED) is 0.320. The highest BCUT2D eigenvalue weighted by Crippen LogP contribution is 2.29. The second kappa shape index (κ2) is 10.3. The summed E-state index contributed by atoms with van der Waals surface area (Å²) in [4.78, 5) is 17.3. The minimum absolute atomic E-state index is 0.00770. The van der Waals surface area contributed by atoms with E-state index in [2.05, 4.69) is 20.5 Å². The van der Waals surface area contributed by atoms with Gasteiger partial charge in [0.15, 0.2) is 0 Å². The zero-order valence-corrected chi connectivity index (χ0v) is 18.0. The Morgan fingerprint density at radius 2 is 1.85 bits per heavy atom. The van der Waals surface area contributed by atoms with Crippen molar-refractivity contribution in [2.45, 2.75) is 18.6 Å². The van der Waals surface area contributed by atoms with Crippen molar-refractivity contribution in [2.75, 3.05) is 6.61 Å². The molecule has 9 heteroatoms. The molecule has 4 rings (SSSR count).